The Morgan fingerprint density at radius 2 is 1.94 bits per heavy atom. The molecule has 0 amide bonds. The first kappa shape index (κ1) is 12.6. The van der Waals surface area contributed by atoms with Gasteiger partial charge in [-0.1, -0.05) is 68.5 Å². The quantitative estimate of drug-likeness (QED) is 0.565. The molecule has 0 saturated heterocycles. The number of hydrogen-bond donors (Lipinski definition) is 0. The van der Waals surface area contributed by atoms with Crippen LogP contribution in [0.2, 0.25) is 0 Å². The molecule has 0 spiro atoms. The molecule has 0 bridgehead atoms. The topological polar surface area (TPSA) is 17.1 Å². The number of benzene rings is 1. The van der Waals surface area contributed by atoms with Crippen molar-refractivity contribution in [2.75, 3.05) is 0 Å². The highest BCUT2D eigenvalue weighted by molar-refractivity contribution is 6.04. The second kappa shape index (κ2) is 5.18. The standard InChI is InChI=1S/C17H18O/c1-17(2)12-10-14(11-13-17)8-9-16(18)15-6-4-3-5-7-15/h3-12H,13H2,1-2H3. The van der Waals surface area contributed by atoms with Crippen molar-refractivity contribution in [1.29, 1.82) is 0 Å². The van der Waals surface area contributed by atoms with Crippen molar-refractivity contribution < 1.29 is 4.79 Å². The Morgan fingerprint density at radius 1 is 1.22 bits per heavy atom. The maximum atomic E-state index is 11.9. The molecule has 0 fully saturated rings. The molecule has 92 valence electrons. The molecule has 1 aliphatic carbocycles. The first-order chi connectivity index (χ1) is 8.57. The van der Waals surface area contributed by atoms with Crippen LogP contribution in [0.15, 0.2) is 66.3 Å². The van der Waals surface area contributed by atoms with Crippen LogP contribution < -0.4 is 0 Å². The van der Waals surface area contributed by atoms with Crippen molar-refractivity contribution in [2.45, 2.75) is 20.3 Å². The number of allylic oxidation sites excluding steroid dienone is 6. The van der Waals surface area contributed by atoms with Crippen LogP contribution in [0.5, 0.6) is 0 Å². The summed E-state index contributed by atoms with van der Waals surface area (Å²) >= 11 is 0. The van der Waals surface area contributed by atoms with E-state index >= 15 is 0 Å². The second-order valence-electron chi connectivity index (χ2n) is 5.29. The molecule has 1 nitrogen and oxygen atoms in total. The molecule has 1 aromatic carbocycles. The lowest BCUT2D eigenvalue weighted by Crippen LogP contribution is -2.08. The number of hydrogen-bond acceptors (Lipinski definition) is 1. The number of ketones is 1. The van der Waals surface area contributed by atoms with Crippen molar-refractivity contribution in [3.05, 3.63) is 71.8 Å². The van der Waals surface area contributed by atoms with Gasteiger partial charge in [0.2, 0.25) is 0 Å². The van der Waals surface area contributed by atoms with Gasteiger partial charge in [0.05, 0.1) is 0 Å². The summed E-state index contributed by atoms with van der Waals surface area (Å²) in [6.45, 7) is 4.41. The maximum absolute atomic E-state index is 11.9. The van der Waals surface area contributed by atoms with Gasteiger partial charge < -0.3 is 0 Å². The van der Waals surface area contributed by atoms with E-state index in [0.29, 0.717) is 0 Å². The van der Waals surface area contributed by atoms with E-state index in [9.17, 15) is 4.79 Å². The monoisotopic (exact) mass is 238 g/mol. The number of carbonyl (C=O) groups excluding carboxylic acids is 1. The van der Waals surface area contributed by atoms with Gasteiger partial charge in [-0.15, -0.1) is 0 Å². The Labute approximate surface area is 109 Å². The Balaban J connectivity index is 2.03. The lowest BCUT2D eigenvalue weighted by Gasteiger charge is -2.21. The van der Waals surface area contributed by atoms with Gasteiger partial charge >= 0.3 is 0 Å². The highest BCUT2D eigenvalue weighted by Crippen LogP contribution is 2.28. The van der Waals surface area contributed by atoms with E-state index in [0.717, 1.165) is 17.6 Å². The molecular formula is C17H18O. The van der Waals surface area contributed by atoms with Gasteiger partial charge in [-0.3, -0.25) is 4.79 Å². The first-order valence-electron chi connectivity index (χ1n) is 6.24. The zero-order valence-corrected chi connectivity index (χ0v) is 10.9. The third kappa shape index (κ3) is 3.30. The molecule has 1 aromatic rings. The third-order valence-corrected chi connectivity index (χ3v) is 3.08. The SMILES string of the molecule is CC1(C)C=CC(C=CC(=O)c2ccccc2)=CC1. The molecule has 0 radical (unpaired) electrons. The predicted octanol–water partition coefficient (Wildman–Crippen LogP) is 4.34. The predicted molar refractivity (Wildman–Crippen MR) is 75.5 cm³/mol. The Morgan fingerprint density at radius 3 is 2.56 bits per heavy atom. The lowest BCUT2D eigenvalue weighted by molar-refractivity contribution is 0.104. The minimum Gasteiger partial charge on any atom is -0.289 e. The first-order valence-corrected chi connectivity index (χ1v) is 6.24. The summed E-state index contributed by atoms with van der Waals surface area (Å²) < 4.78 is 0. The molecular weight excluding hydrogens is 220 g/mol. The van der Waals surface area contributed by atoms with E-state index in [1.807, 2.05) is 36.4 Å². The fourth-order valence-electron chi connectivity index (χ4n) is 1.83. The lowest BCUT2D eigenvalue weighted by atomic mass is 9.84. The van der Waals surface area contributed by atoms with Crippen LogP contribution in [0, 0.1) is 5.41 Å². The summed E-state index contributed by atoms with van der Waals surface area (Å²) in [5, 5.41) is 0. The summed E-state index contributed by atoms with van der Waals surface area (Å²) in [6.07, 6.45) is 11.0. The minimum absolute atomic E-state index is 0.0507. The smallest absolute Gasteiger partial charge is 0.185 e. The molecule has 0 unspecified atom stereocenters. The van der Waals surface area contributed by atoms with Gasteiger partial charge in [0, 0.05) is 5.56 Å². The minimum atomic E-state index is 0.0507. The Kier molecular flexibility index (Phi) is 3.61. The van der Waals surface area contributed by atoms with Crippen LogP contribution in [-0.2, 0) is 0 Å². The summed E-state index contributed by atoms with van der Waals surface area (Å²) in [5.41, 5.74) is 2.08. The van der Waals surface area contributed by atoms with E-state index in [2.05, 4.69) is 32.1 Å². The van der Waals surface area contributed by atoms with Crippen LogP contribution in [0.25, 0.3) is 0 Å². The Bertz CT molecular complexity index is 516. The van der Waals surface area contributed by atoms with Crippen molar-refractivity contribution in [3.8, 4) is 0 Å². The van der Waals surface area contributed by atoms with Gasteiger partial charge in [-0.05, 0) is 23.5 Å². The highest BCUT2D eigenvalue weighted by Gasteiger charge is 2.14. The van der Waals surface area contributed by atoms with Crippen LogP contribution >= 0.6 is 0 Å². The van der Waals surface area contributed by atoms with Gasteiger partial charge in [-0.2, -0.15) is 0 Å². The van der Waals surface area contributed by atoms with Crippen LogP contribution in [-0.4, -0.2) is 5.78 Å². The molecule has 0 aliphatic heterocycles. The van der Waals surface area contributed by atoms with Gasteiger partial charge in [0.1, 0.15) is 0 Å². The summed E-state index contributed by atoms with van der Waals surface area (Å²) in [5.74, 6) is 0.0507. The van der Waals surface area contributed by atoms with E-state index in [1.165, 1.54) is 0 Å². The number of carbonyl (C=O) groups is 1. The van der Waals surface area contributed by atoms with E-state index < -0.39 is 0 Å². The van der Waals surface area contributed by atoms with Crippen molar-refractivity contribution in [2.24, 2.45) is 5.41 Å². The molecule has 2 rings (SSSR count). The fraction of sp³-hybridized carbons (Fsp3) is 0.235. The van der Waals surface area contributed by atoms with Gasteiger partial charge in [0.25, 0.3) is 0 Å². The second-order valence-corrected chi connectivity index (χ2v) is 5.29. The molecule has 1 aliphatic rings. The highest BCUT2D eigenvalue weighted by atomic mass is 16.1. The molecule has 18 heavy (non-hydrogen) atoms. The average molecular weight is 238 g/mol. The summed E-state index contributed by atoms with van der Waals surface area (Å²) in [7, 11) is 0. The third-order valence-electron chi connectivity index (χ3n) is 3.08. The summed E-state index contributed by atoms with van der Waals surface area (Å²) in [4.78, 5) is 11.9. The number of rotatable bonds is 3. The Hall–Kier alpha value is -1.89. The van der Waals surface area contributed by atoms with Crippen LogP contribution in [0.4, 0.5) is 0 Å². The van der Waals surface area contributed by atoms with Crippen LogP contribution in [0.1, 0.15) is 30.6 Å². The fourth-order valence-corrected chi connectivity index (χ4v) is 1.83. The average Bonchev–Trinajstić information content (AvgIpc) is 2.38. The van der Waals surface area contributed by atoms with Crippen molar-refractivity contribution in [3.63, 3.8) is 0 Å². The molecule has 0 heterocycles. The van der Waals surface area contributed by atoms with Gasteiger partial charge in [0.15, 0.2) is 5.78 Å². The van der Waals surface area contributed by atoms with E-state index in [4.69, 9.17) is 0 Å². The van der Waals surface area contributed by atoms with Gasteiger partial charge in [-0.25, -0.2) is 0 Å². The summed E-state index contributed by atoms with van der Waals surface area (Å²) in [6, 6.07) is 9.34. The maximum Gasteiger partial charge on any atom is 0.185 e. The largest absolute Gasteiger partial charge is 0.289 e. The van der Waals surface area contributed by atoms with E-state index in [1.54, 1.807) is 6.08 Å². The molecule has 0 atom stereocenters. The zero-order chi connectivity index (χ0) is 13.0. The van der Waals surface area contributed by atoms with Crippen molar-refractivity contribution >= 4 is 5.78 Å². The van der Waals surface area contributed by atoms with Crippen molar-refractivity contribution in [1.82, 2.24) is 0 Å². The normalized spacial score (nSPS) is 17.8. The zero-order valence-electron chi connectivity index (χ0n) is 10.9. The molecule has 1 heteroatoms. The van der Waals surface area contributed by atoms with E-state index in [-0.39, 0.29) is 11.2 Å². The molecule has 0 aromatic heterocycles. The van der Waals surface area contributed by atoms with Crippen LogP contribution in [0.3, 0.4) is 0 Å². The molecule has 0 N–H and O–H groups in total. The molecule has 0 saturated carbocycles.